The van der Waals surface area contributed by atoms with Gasteiger partial charge in [0.2, 0.25) is 0 Å². The summed E-state index contributed by atoms with van der Waals surface area (Å²) in [5.41, 5.74) is 1.32. The standard InChI is InChI=1S/C16H21NO3/c18-16(19)9-12-5-7-17(8-6-12)10-13-11-20-15-4-2-1-3-14(13)15/h1-4,12-13H,5-11H2,(H,18,19). The van der Waals surface area contributed by atoms with Crippen molar-refractivity contribution in [2.75, 3.05) is 26.2 Å². The summed E-state index contributed by atoms with van der Waals surface area (Å²) < 4.78 is 5.72. The van der Waals surface area contributed by atoms with Gasteiger partial charge in [-0.2, -0.15) is 0 Å². The van der Waals surface area contributed by atoms with E-state index in [9.17, 15) is 4.79 Å². The summed E-state index contributed by atoms with van der Waals surface area (Å²) in [6, 6.07) is 8.27. The fourth-order valence-corrected chi connectivity index (χ4v) is 3.31. The quantitative estimate of drug-likeness (QED) is 0.916. The van der Waals surface area contributed by atoms with Crippen molar-refractivity contribution in [3.63, 3.8) is 0 Å². The van der Waals surface area contributed by atoms with E-state index in [4.69, 9.17) is 9.84 Å². The van der Waals surface area contributed by atoms with Gasteiger partial charge < -0.3 is 14.7 Å². The first-order valence-corrected chi connectivity index (χ1v) is 7.38. The fraction of sp³-hybridized carbons (Fsp3) is 0.562. The van der Waals surface area contributed by atoms with Gasteiger partial charge in [0, 0.05) is 24.4 Å². The van der Waals surface area contributed by atoms with Crippen molar-refractivity contribution in [2.24, 2.45) is 5.92 Å². The predicted molar refractivity (Wildman–Crippen MR) is 76.1 cm³/mol. The number of ether oxygens (including phenoxy) is 1. The summed E-state index contributed by atoms with van der Waals surface area (Å²) in [5.74, 6) is 1.18. The Kier molecular flexibility index (Phi) is 3.92. The molecule has 0 spiro atoms. The van der Waals surface area contributed by atoms with Gasteiger partial charge in [0.15, 0.2) is 0 Å². The van der Waals surface area contributed by atoms with Crippen molar-refractivity contribution in [3.8, 4) is 5.75 Å². The van der Waals surface area contributed by atoms with Crippen molar-refractivity contribution < 1.29 is 14.6 Å². The zero-order valence-corrected chi connectivity index (χ0v) is 11.6. The van der Waals surface area contributed by atoms with Crippen LogP contribution in [0.1, 0.15) is 30.7 Å². The van der Waals surface area contributed by atoms with Gasteiger partial charge in [0.05, 0.1) is 6.61 Å². The molecule has 0 bridgehead atoms. The van der Waals surface area contributed by atoms with Gasteiger partial charge in [-0.05, 0) is 37.9 Å². The molecule has 20 heavy (non-hydrogen) atoms. The van der Waals surface area contributed by atoms with Crippen LogP contribution in [-0.2, 0) is 4.79 Å². The minimum Gasteiger partial charge on any atom is -0.493 e. The van der Waals surface area contributed by atoms with Crippen molar-refractivity contribution in [3.05, 3.63) is 29.8 Å². The van der Waals surface area contributed by atoms with Gasteiger partial charge in [0.1, 0.15) is 5.75 Å². The summed E-state index contributed by atoms with van der Waals surface area (Å²) in [5, 5.41) is 8.84. The Hall–Kier alpha value is -1.55. The summed E-state index contributed by atoms with van der Waals surface area (Å²) in [6.07, 6.45) is 2.33. The maximum atomic E-state index is 10.7. The molecule has 1 fully saturated rings. The number of hydrogen-bond acceptors (Lipinski definition) is 3. The summed E-state index contributed by atoms with van der Waals surface area (Å²) >= 11 is 0. The Morgan fingerprint density at radius 1 is 1.30 bits per heavy atom. The van der Waals surface area contributed by atoms with Crippen molar-refractivity contribution >= 4 is 5.97 Å². The van der Waals surface area contributed by atoms with Crippen LogP contribution in [0.3, 0.4) is 0 Å². The van der Waals surface area contributed by atoms with E-state index in [0.29, 0.717) is 18.3 Å². The van der Waals surface area contributed by atoms with Crippen LogP contribution in [0.15, 0.2) is 24.3 Å². The molecule has 1 atom stereocenters. The lowest BCUT2D eigenvalue weighted by molar-refractivity contribution is -0.138. The lowest BCUT2D eigenvalue weighted by atomic mass is 9.92. The monoisotopic (exact) mass is 275 g/mol. The second-order valence-corrected chi connectivity index (χ2v) is 5.89. The maximum absolute atomic E-state index is 10.7. The number of carbonyl (C=O) groups is 1. The maximum Gasteiger partial charge on any atom is 0.303 e. The second kappa shape index (κ2) is 5.83. The molecule has 1 aromatic carbocycles. The minimum absolute atomic E-state index is 0.323. The number of para-hydroxylation sites is 1. The average molecular weight is 275 g/mol. The number of fused-ring (bicyclic) bond motifs is 1. The Balaban J connectivity index is 1.52. The number of nitrogens with zero attached hydrogens (tertiary/aromatic N) is 1. The zero-order valence-electron chi connectivity index (χ0n) is 11.6. The highest BCUT2D eigenvalue weighted by molar-refractivity contribution is 5.67. The molecule has 1 N–H and O–H groups in total. The highest BCUT2D eigenvalue weighted by Gasteiger charge is 2.28. The normalized spacial score (nSPS) is 23.3. The second-order valence-electron chi connectivity index (χ2n) is 5.89. The van der Waals surface area contributed by atoms with Crippen LogP contribution in [0.25, 0.3) is 0 Å². The summed E-state index contributed by atoms with van der Waals surface area (Å²) in [7, 11) is 0. The van der Waals surface area contributed by atoms with E-state index in [-0.39, 0.29) is 0 Å². The Morgan fingerprint density at radius 3 is 2.80 bits per heavy atom. The van der Waals surface area contributed by atoms with E-state index < -0.39 is 5.97 Å². The highest BCUT2D eigenvalue weighted by atomic mass is 16.5. The lowest BCUT2D eigenvalue weighted by Crippen LogP contribution is -2.37. The highest BCUT2D eigenvalue weighted by Crippen LogP contribution is 2.34. The Labute approximate surface area is 119 Å². The molecule has 1 aromatic rings. The van der Waals surface area contributed by atoms with E-state index in [1.807, 2.05) is 12.1 Å². The lowest BCUT2D eigenvalue weighted by Gasteiger charge is -2.32. The van der Waals surface area contributed by atoms with E-state index in [0.717, 1.165) is 44.8 Å². The third-order valence-corrected chi connectivity index (χ3v) is 4.45. The van der Waals surface area contributed by atoms with Gasteiger partial charge >= 0.3 is 5.97 Å². The van der Waals surface area contributed by atoms with Gasteiger partial charge in [-0.3, -0.25) is 4.79 Å². The topological polar surface area (TPSA) is 49.8 Å². The predicted octanol–water partition coefficient (Wildman–Crippen LogP) is 2.35. The molecular formula is C16H21NO3. The van der Waals surface area contributed by atoms with Crippen molar-refractivity contribution in [2.45, 2.75) is 25.2 Å². The van der Waals surface area contributed by atoms with Crippen molar-refractivity contribution in [1.82, 2.24) is 4.90 Å². The molecule has 4 heteroatoms. The van der Waals surface area contributed by atoms with E-state index >= 15 is 0 Å². The minimum atomic E-state index is -0.665. The molecule has 0 aliphatic carbocycles. The molecule has 1 unspecified atom stereocenters. The van der Waals surface area contributed by atoms with Gasteiger partial charge in [-0.1, -0.05) is 18.2 Å². The first-order chi connectivity index (χ1) is 9.72. The third kappa shape index (κ3) is 2.96. The Bertz CT molecular complexity index is 480. The number of rotatable bonds is 4. The molecule has 0 radical (unpaired) electrons. The number of benzene rings is 1. The fourth-order valence-electron chi connectivity index (χ4n) is 3.31. The van der Waals surface area contributed by atoms with Gasteiger partial charge in [-0.15, -0.1) is 0 Å². The largest absolute Gasteiger partial charge is 0.493 e. The number of likely N-dealkylation sites (tertiary alicyclic amines) is 1. The van der Waals surface area contributed by atoms with E-state index in [1.54, 1.807) is 0 Å². The summed E-state index contributed by atoms with van der Waals surface area (Å²) in [6.45, 7) is 3.82. The Morgan fingerprint density at radius 2 is 2.05 bits per heavy atom. The van der Waals surface area contributed by atoms with Crippen LogP contribution in [0.2, 0.25) is 0 Å². The number of carboxylic acids is 1. The van der Waals surface area contributed by atoms with Crippen LogP contribution in [-0.4, -0.2) is 42.2 Å². The molecule has 1 saturated heterocycles. The SMILES string of the molecule is O=C(O)CC1CCN(CC2COc3ccccc32)CC1. The van der Waals surface area contributed by atoms with Crippen LogP contribution in [0.5, 0.6) is 5.75 Å². The van der Waals surface area contributed by atoms with Gasteiger partial charge in [-0.25, -0.2) is 0 Å². The van der Waals surface area contributed by atoms with Crippen LogP contribution >= 0.6 is 0 Å². The van der Waals surface area contributed by atoms with Gasteiger partial charge in [0.25, 0.3) is 0 Å². The van der Waals surface area contributed by atoms with E-state index in [1.165, 1.54) is 5.56 Å². The zero-order chi connectivity index (χ0) is 13.9. The first-order valence-electron chi connectivity index (χ1n) is 7.38. The van der Waals surface area contributed by atoms with Crippen LogP contribution < -0.4 is 4.74 Å². The van der Waals surface area contributed by atoms with Crippen LogP contribution in [0, 0.1) is 5.92 Å². The van der Waals surface area contributed by atoms with Crippen molar-refractivity contribution in [1.29, 1.82) is 0 Å². The summed E-state index contributed by atoms with van der Waals surface area (Å²) in [4.78, 5) is 13.2. The van der Waals surface area contributed by atoms with E-state index in [2.05, 4.69) is 17.0 Å². The number of carboxylic acid groups (broad SMARTS) is 1. The number of aliphatic carboxylic acids is 1. The molecule has 2 heterocycles. The third-order valence-electron chi connectivity index (χ3n) is 4.45. The van der Waals surface area contributed by atoms with Crippen LogP contribution in [0.4, 0.5) is 0 Å². The smallest absolute Gasteiger partial charge is 0.303 e. The number of piperidine rings is 1. The molecule has 2 aliphatic rings. The average Bonchev–Trinajstić information content (AvgIpc) is 2.84. The molecular weight excluding hydrogens is 254 g/mol. The molecule has 0 saturated carbocycles. The number of hydrogen-bond donors (Lipinski definition) is 1. The molecule has 0 amide bonds. The molecule has 0 aromatic heterocycles. The molecule has 2 aliphatic heterocycles. The molecule has 4 nitrogen and oxygen atoms in total. The molecule has 108 valence electrons. The first kappa shape index (κ1) is 13.4. The molecule has 3 rings (SSSR count).